The second kappa shape index (κ2) is 7.36. The third-order valence-corrected chi connectivity index (χ3v) is 3.73. The van der Waals surface area contributed by atoms with Crippen molar-refractivity contribution in [1.29, 1.82) is 0 Å². The van der Waals surface area contributed by atoms with Crippen LogP contribution in [0, 0.1) is 0 Å². The number of hydrogen-bond donors (Lipinski definition) is 1. The Labute approximate surface area is 149 Å². The number of nitrogens with two attached hydrogens (primary N) is 1. The van der Waals surface area contributed by atoms with E-state index in [1.54, 1.807) is 31.2 Å². The maximum absolute atomic E-state index is 12.1. The molecule has 0 aliphatic heterocycles. The van der Waals surface area contributed by atoms with Gasteiger partial charge in [-0.15, -0.1) is 0 Å². The second-order valence-electron chi connectivity index (χ2n) is 5.36. The summed E-state index contributed by atoms with van der Waals surface area (Å²) in [4.78, 5) is 20.6. The summed E-state index contributed by atoms with van der Waals surface area (Å²) in [5.74, 6) is 0.690. The van der Waals surface area contributed by atoms with E-state index in [-0.39, 0.29) is 6.61 Å². The Kier molecular flexibility index (Phi) is 5.00. The maximum Gasteiger partial charge on any atom is 0.347 e. The molecule has 0 saturated carbocycles. The van der Waals surface area contributed by atoms with Gasteiger partial charge in [-0.25, -0.2) is 14.8 Å². The zero-order valence-corrected chi connectivity index (χ0v) is 14.2. The third kappa shape index (κ3) is 4.16. The van der Waals surface area contributed by atoms with Crippen LogP contribution in [0.2, 0.25) is 5.02 Å². The molecule has 6 nitrogen and oxygen atoms in total. The molecule has 0 radical (unpaired) electrons. The number of anilines is 1. The first-order chi connectivity index (χ1) is 12.0. The van der Waals surface area contributed by atoms with Gasteiger partial charge < -0.3 is 15.2 Å². The fraction of sp³-hybridized carbons (Fsp3) is 0.167. The molecular weight excluding hydrogens is 342 g/mol. The van der Waals surface area contributed by atoms with E-state index >= 15 is 0 Å². The number of halogens is 1. The highest BCUT2D eigenvalue weighted by Gasteiger charge is 2.17. The first-order valence-electron chi connectivity index (χ1n) is 7.63. The molecule has 0 saturated heterocycles. The van der Waals surface area contributed by atoms with Crippen LogP contribution < -0.4 is 10.5 Å². The summed E-state index contributed by atoms with van der Waals surface area (Å²) in [7, 11) is 0. The van der Waals surface area contributed by atoms with E-state index in [9.17, 15) is 4.79 Å². The van der Waals surface area contributed by atoms with Crippen molar-refractivity contribution < 1.29 is 14.3 Å². The minimum atomic E-state index is -0.779. The first kappa shape index (κ1) is 17.0. The van der Waals surface area contributed by atoms with E-state index in [1.807, 2.05) is 24.3 Å². The number of carbonyl (C=O) groups excluding carboxylic acids is 1. The summed E-state index contributed by atoms with van der Waals surface area (Å²) in [5.41, 5.74) is 6.61. The predicted molar refractivity (Wildman–Crippen MR) is 95.3 cm³/mol. The van der Waals surface area contributed by atoms with Crippen LogP contribution in [0.1, 0.15) is 12.7 Å². The molecule has 0 amide bonds. The normalized spacial score (nSPS) is 11.9. The Morgan fingerprint density at radius 2 is 1.88 bits per heavy atom. The Hall–Kier alpha value is -2.86. The minimum Gasteiger partial charge on any atom is -0.479 e. The molecule has 2 N–H and O–H groups in total. The Morgan fingerprint density at radius 1 is 1.16 bits per heavy atom. The van der Waals surface area contributed by atoms with E-state index in [1.165, 1.54) is 0 Å². The molecule has 0 bridgehead atoms. The second-order valence-corrected chi connectivity index (χ2v) is 5.80. The quantitative estimate of drug-likeness (QED) is 0.704. The number of hydrogen-bond acceptors (Lipinski definition) is 6. The van der Waals surface area contributed by atoms with Crippen LogP contribution in [0.3, 0.4) is 0 Å². The maximum atomic E-state index is 12.1. The predicted octanol–water partition coefficient (Wildman–Crippen LogP) is 3.38. The Balaban J connectivity index is 1.62. The number of fused-ring (bicyclic) bond motifs is 1. The van der Waals surface area contributed by atoms with Crippen LogP contribution in [0.25, 0.3) is 10.9 Å². The van der Waals surface area contributed by atoms with Gasteiger partial charge in [0.05, 0.1) is 5.52 Å². The van der Waals surface area contributed by atoms with Crippen molar-refractivity contribution in [2.45, 2.75) is 19.6 Å². The summed E-state index contributed by atoms with van der Waals surface area (Å²) in [6, 6.07) is 14.1. The summed E-state index contributed by atoms with van der Waals surface area (Å²) in [5, 5.41) is 1.35. The summed E-state index contributed by atoms with van der Waals surface area (Å²) < 4.78 is 10.7. The summed E-state index contributed by atoms with van der Waals surface area (Å²) >= 11 is 5.81. The van der Waals surface area contributed by atoms with E-state index in [0.29, 0.717) is 27.9 Å². The fourth-order valence-electron chi connectivity index (χ4n) is 2.23. The van der Waals surface area contributed by atoms with Gasteiger partial charge in [0.2, 0.25) is 0 Å². The van der Waals surface area contributed by atoms with Crippen molar-refractivity contribution in [3.8, 4) is 5.75 Å². The smallest absolute Gasteiger partial charge is 0.347 e. The van der Waals surface area contributed by atoms with E-state index in [4.69, 9.17) is 26.8 Å². The molecular formula is C18H16ClN3O3. The molecule has 0 spiro atoms. The highest BCUT2D eigenvalue weighted by Crippen LogP contribution is 2.18. The van der Waals surface area contributed by atoms with E-state index in [0.717, 1.165) is 5.39 Å². The van der Waals surface area contributed by atoms with Crippen LogP contribution in [0.15, 0.2) is 48.5 Å². The average Bonchev–Trinajstić information content (AvgIpc) is 2.61. The number of ether oxygens (including phenoxy) is 2. The number of nitrogen functional groups attached to an aromatic ring is 1. The van der Waals surface area contributed by atoms with Crippen molar-refractivity contribution in [2.75, 3.05) is 5.73 Å². The molecule has 1 aromatic heterocycles. The van der Waals surface area contributed by atoms with Crippen molar-refractivity contribution >= 4 is 34.3 Å². The highest BCUT2D eigenvalue weighted by molar-refractivity contribution is 6.30. The standard InChI is InChI=1S/C18H16ClN3O3/c1-11(25-13-8-6-12(19)7-9-13)18(23)24-10-16-21-15-5-3-2-4-14(15)17(20)22-16/h2-9,11H,10H2,1H3,(H2,20,21,22). The SMILES string of the molecule is CC(Oc1ccc(Cl)cc1)C(=O)OCc1nc(N)c2ccccc2n1. The molecule has 7 heteroatoms. The monoisotopic (exact) mass is 357 g/mol. The Morgan fingerprint density at radius 3 is 2.64 bits per heavy atom. The van der Waals surface area contributed by atoms with Gasteiger partial charge in [-0.05, 0) is 43.3 Å². The average molecular weight is 358 g/mol. The van der Waals surface area contributed by atoms with Crippen molar-refractivity contribution in [3.63, 3.8) is 0 Å². The molecule has 3 aromatic rings. The number of benzene rings is 2. The molecule has 0 aliphatic carbocycles. The van der Waals surface area contributed by atoms with Gasteiger partial charge in [-0.2, -0.15) is 0 Å². The molecule has 0 fully saturated rings. The lowest BCUT2D eigenvalue weighted by Crippen LogP contribution is -2.26. The van der Waals surface area contributed by atoms with Crippen molar-refractivity contribution in [2.24, 2.45) is 0 Å². The van der Waals surface area contributed by atoms with Crippen LogP contribution >= 0.6 is 11.6 Å². The van der Waals surface area contributed by atoms with Gasteiger partial charge in [-0.3, -0.25) is 0 Å². The lowest BCUT2D eigenvalue weighted by Gasteiger charge is -2.14. The molecule has 0 aliphatic rings. The largest absolute Gasteiger partial charge is 0.479 e. The van der Waals surface area contributed by atoms with Gasteiger partial charge in [0.1, 0.15) is 11.6 Å². The molecule has 1 unspecified atom stereocenters. The fourth-order valence-corrected chi connectivity index (χ4v) is 2.36. The van der Waals surface area contributed by atoms with Crippen molar-refractivity contribution in [3.05, 3.63) is 59.4 Å². The number of carbonyl (C=O) groups is 1. The van der Waals surface area contributed by atoms with Gasteiger partial charge in [-0.1, -0.05) is 23.7 Å². The molecule has 25 heavy (non-hydrogen) atoms. The van der Waals surface area contributed by atoms with Gasteiger partial charge >= 0.3 is 5.97 Å². The first-order valence-corrected chi connectivity index (χ1v) is 8.01. The molecule has 1 heterocycles. The van der Waals surface area contributed by atoms with Gasteiger partial charge in [0.15, 0.2) is 18.5 Å². The highest BCUT2D eigenvalue weighted by atomic mass is 35.5. The summed E-state index contributed by atoms with van der Waals surface area (Å²) in [6.45, 7) is 1.52. The van der Waals surface area contributed by atoms with Crippen LogP contribution in [-0.4, -0.2) is 22.0 Å². The topological polar surface area (TPSA) is 87.3 Å². The number of rotatable bonds is 5. The minimum absolute atomic E-state index is 0.0812. The van der Waals surface area contributed by atoms with Gasteiger partial charge in [0, 0.05) is 10.4 Å². The molecule has 1 atom stereocenters. The zero-order chi connectivity index (χ0) is 17.8. The number of nitrogens with zero attached hydrogens (tertiary/aromatic N) is 2. The molecule has 3 rings (SSSR count). The summed E-state index contributed by atoms with van der Waals surface area (Å²) in [6.07, 6.45) is -0.779. The lowest BCUT2D eigenvalue weighted by atomic mass is 10.2. The Bertz CT molecular complexity index is 900. The number of esters is 1. The zero-order valence-electron chi connectivity index (χ0n) is 13.5. The molecule has 2 aromatic carbocycles. The molecule has 128 valence electrons. The van der Waals surface area contributed by atoms with Gasteiger partial charge in [0.25, 0.3) is 0 Å². The lowest BCUT2D eigenvalue weighted by molar-refractivity contribution is -0.152. The van der Waals surface area contributed by atoms with E-state index in [2.05, 4.69) is 9.97 Å². The number of para-hydroxylation sites is 1. The van der Waals surface area contributed by atoms with Crippen LogP contribution in [0.5, 0.6) is 5.75 Å². The van der Waals surface area contributed by atoms with Crippen LogP contribution in [0.4, 0.5) is 5.82 Å². The van der Waals surface area contributed by atoms with Crippen LogP contribution in [-0.2, 0) is 16.1 Å². The van der Waals surface area contributed by atoms with E-state index < -0.39 is 12.1 Å². The number of aromatic nitrogens is 2. The third-order valence-electron chi connectivity index (χ3n) is 3.48. The van der Waals surface area contributed by atoms with Crippen molar-refractivity contribution in [1.82, 2.24) is 9.97 Å².